The Labute approximate surface area is 127 Å². The van der Waals surface area contributed by atoms with Gasteiger partial charge in [0.1, 0.15) is 0 Å². The van der Waals surface area contributed by atoms with Crippen LogP contribution in [-0.4, -0.2) is 18.3 Å². The lowest BCUT2D eigenvalue weighted by Gasteiger charge is -2.08. The topological polar surface area (TPSA) is 76.7 Å². The molecular formula is C15H17N3O2S. The highest BCUT2D eigenvalue weighted by molar-refractivity contribution is 7.12. The van der Waals surface area contributed by atoms with Crippen molar-refractivity contribution in [2.24, 2.45) is 10.9 Å². The molecule has 1 aromatic heterocycles. The fraction of sp³-hybridized carbons (Fsp3) is 0.200. The van der Waals surface area contributed by atoms with Crippen LogP contribution >= 0.6 is 11.3 Å². The molecule has 0 aliphatic rings. The van der Waals surface area contributed by atoms with Gasteiger partial charge in [-0.1, -0.05) is 23.4 Å². The average Bonchev–Trinajstić information content (AvgIpc) is 2.97. The number of anilines is 1. The molecule has 2 aromatic rings. The van der Waals surface area contributed by atoms with Crippen molar-refractivity contribution >= 4 is 28.8 Å². The maximum atomic E-state index is 11.8. The normalized spacial score (nSPS) is 11.2. The van der Waals surface area contributed by atoms with E-state index in [1.54, 1.807) is 0 Å². The molecule has 0 atom stereocenters. The third-order valence-electron chi connectivity index (χ3n) is 2.80. The van der Waals surface area contributed by atoms with Crippen LogP contribution in [0.3, 0.4) is 0 Å². The highest BCUT2D eigenvalue weighted by Gasteiger charge is 2.06. The van der Waals surface area contributed by atoms with Crippen molar-refractivity contribution < 1.29 is 9.63 Å². The molecule has 1 heterocycles. The number of nitrogens with one attached hydrogen (secondary N) is 1. The minimum absolute atomic E-state index is 0.181. The average molecular weight is 303 g/mol. The van der Waals surface area contributed by atoms with Gasteiger partial charge < -0.3 is 15.9 Å². The van der Waals surface area contributed by atoms with Gasteiger partial charge in [-0.05, 0) is 42.5 Å². The lowest BCUT2D eigenvalue weighted by Crippen LogP contribution is -2.19. The third kappa shape index (κ3) is 4.32. The van der Waals surface area contributed by atoms with Gasteiger partial charge in [-0.15, -0.1) is 11.3 Å². The number of hydrogen-bond donors (Lipinski definition) is 2. The van der Waals surface area contributed by atoms with Gasteiger partial charge in [0, 0.05) is 5.69 Å². The summed E-state index contributed by atoms with van der Waals surface area (Å²) in [6, 6.07) is 9.57. The Kier molecular flexibility index (Phi) is 4.94. The number of thiophene rings is 1. The van der Waals surface area contributed by atoms with E-state index in [1.807, 2.05) is 49.6 Å². The number of rotatable bonds is 5. The number of carbonyl (C=O) groups excluding carboxylic acids is 1. The first kappa shape index (κ1) is 15.1. The number of oxime groups is 1. The van der Waals surface area contributed by atoms with Gasteiger partial charge in [0.25, 0.3) is 5.91 Å². The Morgan fingerprint density at radius 2 is 2.19 bits per heavy atom. The first-order valence-corrected chi connectivity index (χ1v) is 7.30. The van der Waals surface area contributed by atoms with Crippen LogP contribution in [0.15, 0.2) is 40.9 Å². The maximum Gasteiger partial charge on any atom is 0.265 e. The Hall–Kier alpha value is -2.34. The van der Waals surface area contributed by atoms with Gasteiger partial charge in [-0.25, -0.2) is 0 Å². The van der Waals surface area contributed by atoms with Crippen LogP contribution in [0.2, 0.25) is 0 Å². The lowest BCUT2D eigenvalue weighted by atomic mass is 10.1. The Morgan fingerprint density at radius 1 is 1.38 bits per heavy atom. The smallest absolute Gasteiger partial charge is 0.265 e. The zero-order chi connectivity index (χ0) is 15.2. The van der Waals surface area contributed by atoms with Crippen LogP contribution in [0.4, 0.5) is 5.69 Å². The van der Waals surface area contributed by atoms with E-state index < -0.39 is 0 Å². The van der Waals surface area contributed by atoms with E-state index >= 15 is 0 Å². The fourth-order valence-electron chi connectivity index (χ4n) is 1.69. The van der Waals surface area contributed by atoms with Crippen LogP contribution < -0.4 is 11.1 Å². The van der Waals surface area contributed by atoms with Gasteiger partial charge in [0.2, 0.25) is 0 Å². The molecule has 110 valence electrons. The largest absolute Gasteiger partial charge is 0.384 e. The molecule has 21 heavy (non-hydrogen) atoms. The van der Waals surface area contributed by atoms with E-state index in [2.05, 4.69) is 10.5 Å². The number of aryl methyl sites for hydroxylation is 2. The summed E-state index contributed by atoms with van der Waals surface area (Å²) >= 11 is 1.46. The van der Waals surface area contributed by atoms with Gasteiger partial charge in [-0.2, -0.15) is 0 Å². The summed E-state index contributed by atoms with van der Waals surface area (Å²) in [6.45, 7) is 3.72. The van der Waals surface area contributed by atoms with Gasteiger partial charge in [0.15, 0.2) is 12.4 Å². The molecule has 0 fully saturated rings. The van der Waals surface area contributed by atoms with E-state index in [4.69, 9.17) is 10.6 Å². The second kappa shape index (κ2) is 6.90. The lowest BCUT2D eigenvalue weighted by molar-refractivity contribution is -0.120. The van der Waals surface area contributed by atoms with Crippen LogP contribution in [0.5, 0.6) is 0 Å². The number of nitrogens with zero attached hydrogens (tertiary/aromatic N) is 1. The minimum atomic E-state index is -0.272. The van der Waals surface area contributed by atoms with Crippen LogP contribution in [-0.2, 0) is 9.63 Å². The van der Waals surface area contributed by atoms with Crippen molar-refractivity contribution in [2.75, 3.05) is 11.9 Å². The first-order chi connectivity index (χ1) is 10.1. The predicted octanol–water partition coefficient (Wildman–Crippen LogP) is 2.64. The standard InChI is InChI=1S/C15H17N3O2S/c1-10-5-6-11(2)12(8-10)17-14(19)9-20-18-15(16)13-4-3-7-21-13/h3-8H,9H2,1-2H3,(H2,16,18)(H,17,19). The molecule has 1 amide bonds. The van der Waals surface area contributed by atoms with E-state index in [-0.39, 0.29) is 18.3 Å². The van der Waals surface area contributed by atoms with Crippen molar-refractivity contribution in [2.45, 2.75) is 13.8 Å². The number of amides is 1. The van der Waals surface area contributed by atoms with Gasteiger partial charge in [0.05, 0.1) is 4.88 Å². The van der Waals surface area contributed by atoms with E-state index in [1.165, 1.54) is 11.3 Å². The summed E-state index contributed by atoms with van der Waals surface area (Å²) in [6.07, 6.45) is 0. The highest BCUT2D eigenvalue weighted by Crippen LogP contribution is 2.16. The van der Waals surface area contributed by atoms with E-state index in [0.717, 1.165) is 21.7 Å². The second-order valence-electron chi connectivity index (χ2n) is 4.59. The van der Waals surface area contributed by atoms with E-state index in [9.17, 15) is 4.79 Å². The summed E-state index contributed by atoms with van der Waals surface area (Å²) < 4.78 is 0. The molecular weight excluding hydrogens is 286 g/mol. The van der Waals surface area contributed by atoms with Crippen LogP contribution in [0.25, 0.3) is 0 Å². The highest BCUT2D eigenvalue weighted by atomic mass is 32.1. The molecule has 6 heteroatoms. The summed E-state index contributed by atoms with van der Waals surface area (Å²) in [4.78, 5) is 17.6. The Bertz CT molecular complexity index is 651. The second-order valence-corrected chi connectivity index (χ2v) is 5.54. The molecule has 0 unspecified atom stereocenters. The summed E-state index contributed by atoms with van der Waals surface area (Å²) in [5.74, 6) is -0.00374. The minimum Gasteiger partial charge on any atom is -0.384 e. The zero-order valence-electron chi connectivity index (χ0n) is 11.9. The fourth-order valence-corrected chi connectivity index (χ4v) is 2.31. The SMILES string of the molecule is Cc1ccc(C)c(NC(=O)CO/N=C(\N)c2cccs2)c1. The molecule has 0 aliphatic heterocycles. The first-order valence-electron chi connectivity index (χ1n) is 6.42. The number of hydrogen-bond acceptors (Lipinski definition) is 4. The van der Waals surface area contributed by atoms with Crippen molar-refractivity contribution in [1.29, 1.82) is 0 Å². The Morgan fingerprint density at radius 3 is 2.90 bits per heavy atom. The number of carbonyl (C=O) groups is 1. The summed E-state index contributed by atoms with van der Waals surface area (Å²) in [7, 11) is 0. The van der Waals surface area contributed by atoms with E-state index in [0.29, 0.717) is 0 Å². The quantitative estimate of drug-likeness (QED) is 0.506. The molecule has 0 spiro atoms. The predicted molar refractivity (Wildman–Crippen MR) is 85.5 cm³/mol. The van der Waals surface area contributed by atoms with Gasteiger partial charge in [-0.3, -0.25) is 4.79 Å². The maximum absolute atomic E-state index is 11.8. The Balaban J connectivity index is 1.88. The van der Waals surface area contributed by atoms with Crippen molar-refractivity contribution in [1.82, 2.24) is 0 Å². The molecule has 3 N–H and O–H groups in total. The summed E-state index contributed by atoms with van der Waals surface area (Å²) in [5, 5.41) is 8.41. The van der Waals surface area contributed by atoms with Crippen LogP contribution in [0.1, 0.15) is 16.0 Å². The van der Waals surface area contributed by atoms with Crippen molar-refractivity contribution in [3.05, 3.63) is 51.7 Å². The van der Waals surface area contributed by atoms with Gasteiger partial charge >= 0.3 is 0 Å². The summed E-state index contributed by atoms with van der Waals surface area (Å²) in [5.41, 5.74) is 8.58. The monoisotopic (exact) mass is 303 g/mol. The van der Waals surface area contributed by atoms with Crippen molar-refractivity contribution in [3.8, 4) is 0 Å². The molecule has 0 saturated carbocycles. The van der Waals surface area contributed by atoms with Crippen molar-refractivity contribution in [3.63, 3.8) is 0 Å². The molecule has 0 aliphatic carbocycles. The van der Waals surface area contributed by atoms with Crippen LogP contribution in [0, 0.1) is 13.8 Å². The number of amidine groups is 1. The third-order valence-corrected chi connectivity index (χ3v) is 3.69. The molecule has 5 nitrogen and oxygen atoms in total. The molecule has 0 radical (unpaired) electrons. The molecule has 2 rings (SSSR count). The molecule has 0 bridgehead atoms. The number of benzene rings is 1. The molecule has 1 aromatic carbocycles. The molecule has 0 saturated heterocycles. The zero-order valence-corrected chi connectivity index (χ0v) is 12.7. The number of nitrogens with two attached hydrogens (primary N) is 1.